The maximum Gasteiger partial charge on any atom is 0.338 e. The van der Waals surface area contributed by atoms with E-state index in [1.807, 2.05) is 0 Å². The van der Waals surface area contributed by atoms with Crippen molar-refractivity contribution in [3.8, 4) is 0 Å². The smallest absolute Gasteiger partial charge is 0.338 e. The molecular formula is C14H15BrO5. The molecule has 0 amide bonds. The Morgan fingerprint density at radius 2 is 1.50 bits per heavy atom. The number of ketones is 1. The molecule has 1 aromatic rings. The van der Waals surface area contributed by atoms with Crippen LogP contribution in [0.4, 0.5) is 0 Å². The van der Waals surface area contributed by atoms with Crippen molar-refractivity contribution in [2.45, 2.75) is 18.7 Å². The molecule has 0 radical (unpaired) electrons. The minimum absolute atomic E-state index is 0.204. The highest BCUT2D eigenvalue weighted by Gasteiger charge is 2.26. The second-order valence-electron chi connectivity index (χ2n) is 3.78. The van der Waals surface area contributed by atoms with Gasteiger partial charge in [-0.25, -0.2) is 4.79 Å². The zero-order valence-corrected chi connectivity index (χ0v) is 12.8. The van der Waals surface area contributed by atoms with E-state index in [1.54, 1.807) is 13.8 Å². The molecule has 1 atom stereocenters. The number of alkyl halides is 1. The fourth-order valence-corrected chi connectivity index (χ4v) is 1.85. The maximum atomic E-state index is 12.0. The Bertz CT molecular complexity index is 495. The van der Waals surface area contributed by atoms with Gasteiger partial charge in [-0.1, -0.05) is 28.1 Å². The molecule has 0 aliphatic heterocycles. The first-order valence-electron chi connectivity index (χ1n) is 6.13. The molecule has 0 aliphatic rings. The van der Waals surface area contributed by atoms with E-state index in [1.165, 1.54) is 24.3 Å². The second kappa shape index (κ2) is 7.79. The van der Waals surface area contributed by atoms with Crippen molar-refractivity contribution < 1.29 is 23.9 Å². The summed E-state index contributed by atoms with van der Waals surface area (Å²) in [6.45, 7) is 3.86. The van der Waals surface area contributed by atoms with Crippen molar-refractivity contribution >= 4 is 33.7 Å². The Morgan fingerprint density at radius 3 is 2.00 bits per heavy atom. The molecular weight excluding hydrogens is 328 g/mol. The molecule has 0 aliphatic carbocycles. The number of rotatable bonds is 6. The minimum atomic E-state index is -1.05. The summed E-state index contributed by atoms with van der Waals surface area (Å²) in [4.78, 5) is 33.9. The predicted octanol–water partition coefficient (Wildman–Crippen LogP) is 2.37. The van der Waals surface area contributed by atoms with E-state index >= 15 is 0 Å². The maximum absolute atomic E-state index is 12.0. The van der Waals surface area contributed by atoms with E-state index in [2.05, 4.69) is 15.9 Å². The van der Waals surface area contributed by atoms with Crippen molar-refractivity contribution in [2.75, 3.05) is 13.2 Å². The Labute approximate surface area is 125 Å². The molecule has 0 spiro atoms. The summed E-state index contributed by atoms with van der Waals surface area (Å²) < 4.78 is 9.60. The number of esters is 2. The van der Waals surface area contributed by atoms with Crippen LogP contribution in [0.5, 0.6) is 0 Å². The van der Waals surface area contributed by atoms with Gasteiger partial charge in [-0.3, -0.25) is 9.59 Å². The average Bonchev–Trinajstić information content (AvgIpc) is 2.46. The number of halogens is 1. The van der Waals surface area contributed by atoms with Crippen molar-refractivity contribution in [1.82, 2.24) is 0 Å². The van der Waals surface area contributed by atoms with E-state index < -0.39 is 22.5 Å². The Kier molecular flexibility index (Phi) is 6.38. The number of hydrogen-bond donors (Lipinski definition) is 0. The van der Waals surface area contributed by atoms with Crippen molar-refractivity contribution in [2.24, 2.45) is 0 Å². The average molecular weight is 343 g/mol. The lowest BCUT2D eigenvalue weighted by molar-refractivity contribution is -0.141. The first-order valence-corrected chi connectivity index (χ1v) is 7.04. The van der Waals surface area contributed by atoms with Gasteiger partial charge in [0.15, 0.2) is 10.6 Å². The van der Waals surface area contributed by atoms with Crippen LogP contribution < -0.4 is 0 Å². The molecule has 108 valence electrons. The summed E-state index contributed by atoms with van der Waals surface area (Å²) in [6.07, 6.45) is 0. The Balaban J connectivity index is 2.80. The summed E-state index contributed by atoms with van der Waals surface area (Å²) in [5.41, 5.74) is 0.665. The zero-order valence-electron chi connectivity index (χ0n) is 11.2. The molecule has 0 saturated carbocycles. The molecule has 20 heavy (non-hydrogen) atoms. The zero-order chi connectivity index (χ0) is 15.1. The van der Waals surface area contributed by atoms with Gasteiger partial charge in [0.25, 0.3) is 0 Å². The molecule has 1 aromatic carbocycles. The fraction of sp³-hybridized carbons (Fsp3) is 0.357. The number of carbonyl (C=O) groups is 3. The molecule has 0 bridgehead atoms. The van der Waals surface area contributed by atoms with E-state index in [0.717, 1.165) is 0 Å². The summed E-state index contributed by atoms with van der Waals surface area (Å²) in [6, 6.07) is 5.91. The van der Waals surface area contributed by atoms with Gasteiger partial charge in [0.1, 0.15) is 0 Å². The lowest BCUT2D eigenvalue weighted by atomic mass is 10.1. The normalized spacial score (nSPS) is 11.6. The molecule has 6 heteroatoms. The highest BCUT2D eigenvalue weighted by molar-refractivity contribution is 9.10. The Morgan fingerprint density at radius 1 is 1.00 bits per heavy atom. The quantitative estimate of drug-likeness (QED) is 0.343. The molecule has 0 N–H and O–H groups in total. The van der Waals surface area contributed by atoms with Gasteiger partial charge in [0.05, 0.1) is 18.8 Å². The third-order valence-corrected chi connectivity index (χ3v) is 3.19. The highest BCUT2D eigenvalue weighted by atomic mass is 79.9. The number of ether oxygens (including phenoxy) is 2. The van der Waals surface area contributed by atoms with Gasteiger partial charge >= 0.3 is 11.9 Å². The Hall–Kier alpha value is -1.69. The molecule has 0 heterocycles. The van der Waals surface area contributed by atoms with Crippen LogP contribution in [0.25, 0.3) is 0 Å². The number of carbonyl (C=O) groups excluding carboxylic acids is 3. The van der Waals surface area contributed by atoms with Crippen LogP contribution in [0.15, 0.2) is 24.3 Å². The van der Waals surface area contributed by atoms with Crippen molar-refractivity contribution in [3.05, 3.63) is 35.4 Å². The molecule has 0 saturated heterocycles. The fourth-order valence-electron chi connectivity index (χ4n) is 1.45. The number of Topliss-reactive ketones (excluding diaryl/α,β-unsaturated/α-hetero) is 1. The van der Waals surface area contributed by atoms with Gasteiger partial charge in [-0.2, -0.15) is 0 Å². The van der Waals surface area contributed by atoms with Crippen LogP contribution in [0, 0.1) is 0 Å². The van der Waals surface area contributed by atoms with E-state index in [4.69, 9.17) is 9.47 Å². The SMILES string of the molecule is CCOC(=O)c1ccc(C(=O)C(Br)C(=O)OCC)cc1. The first-order chi connectivity index (χ1) is 9.51. The highest BCUT2D eigenvalue weighted by Crippen LogP contribution is 2.14. The predicted molar refractivity (Wildman–Crippen MR) is 76.1 cm³/mol. The molecule has 0 aromatic heterocycles. The summed E-state index contributed by atoms with van der Waals surface area (Å²) >= 11 is 3.00. The van der Waals surface area contributed by atoms with Crippen LogP contribution in [-0.2, 0) is 14.3 Å². The molecule has 1 rings (SSSR count). The van der Waals surface area contributed by atoms with Gasteiger partial charge in [0, 0.05) is 5.56 Å². The van der Waals surface area contributed by atoms with Gasteiger partial charge in [-0.05, 0) is 26.0 Å². The van der Waals surface area contributed by atoms with E-state index in [-0.39, 0.29) is 13.2 Å². The third-order valence-electron chi connectivity index (χ3n) is 2.40. The number of hydrogen-bond acceptors (Lipinski definition) is 5. The molecule has 1 unspecified atom stereocenters. The summed E-state index contributed by atoms with van der Waals surface area (Å²) in [5, 5.41) is 0. The monoisotopic (exact) mass is 342 g/mol. The van der Waals surface area contributed by atoms with Crippen LogP contribution in [-0.4, -0.2) is 35.8 Å². The van der Waals surface area contributed by atoms with Crippen LogP contribution in [0.3, 0.4) is 0 Å². The lowest BCUT2D eigenvalue weighted by Crippen LogP contribution is -2.26. The summed E-state index contributed by atoms with van der Waals surface area (Å²) in [5.74, 6) is -1.50. The number of benzene rings is 1. The topological polar surface area (TPSA) is 69.7 Å². The molecule has 0 fully saturated rings. The lowest BCUT2D eigenvalue weighted by Gasteiger charge is -2.08. The van der Waals surface area contributed by atoms with Gasteiger partial charge in [-0.15, -0.1) is 0 Å². The van der Waals surface area contributed by atoms with Crippen LogP contribution in [0.1, 0.15) is 34.6 Å². The van der Waals surface area contributed by atoms with Gasteiger partial charge in [0.2, 0.25) is 0 Å². The van der Waals surface area contributed by atoms with E-state index in [0.29, 0.717) is 11.1 Å². The van der Waals surface area contributed by atoms with Crippen LogP contribution >= 0.6 is 15.9 Å². The summed E-state index contributed by atoms with van der Waals surface area (Å²) in [7, 11) is 0. The van der Waals surface area contributed by atoms with E-state index in [9.17, 15) is 14.4 Å². The minimum Gasteiger partial charge on any atom is -0.465 e. The largest absolute Gasteiger partial charge is 0.465 e. The second-order valence-corrected chi connectivity index (χ2v) is 4.69. The van der Waals surface area contributed by atoms with Crippen molar-refractivity contribution in [1.29, 1.82) is 0 Å². The standard InChI is InChI=1S/C14H15BrO5/c1-3-19-13(17)10-7-5-9(6-8-10)12(16)11(15)14(18)20-4-2/h5-8,11H,3-4H2,1-2H3. The molecule has 5 nitrogen and oxygen atoms in total. The van der Waals surface area contributed by atoms with Crippen LogP contribution in [0.2, 0.25) is 0 Å². The first kappa shape index (κ1) is 16.4. The third kappa shape index (κ3) is 4.16. The van der Waals surface area contributed by atoms with Crippen molar-refractivity contribution in [3.63, 3.8) is 0 Å². The van der Waals surface area contributed by atoms with Gasteiger partial charge < -0.3 is 9.47 Å².